The number of sulfonamides is 1. The topological polar surface area (TPSA) is 99.6 Å². The standard InChI is InChI=1S/C20H21N3O4S2/c1-29(26,27)23-11-5-4-7-16(23)19(25)21-13-9-10-14(17(24)12-13)20-22-15-6-2-3-8-18(15)28-20/h2-3,6,8-10,12,16,24H,4-5,7,11H2,1H3,(H,21,25). The number of para-hydroxylation sites is 1. The third kappa shape index (κ3) is 4.12. The van der Waals surface area contributed by atoms with E-state index in [-0.39, 0.29) is 11.7 Å². The maximum Gasteiger partial charge on any atom is 0.242 e. The second-order valence-electron chi connectivity index (χ2n) is 7.09. The molecule has 1 unspecified atom stereocenters. The average molecular weight is 432 g/mol. The zero-order chi connectivity index (χ0) is 20.6. The van der Waals surface area contributed by atoms with Gasteiger partial charge >= 0.3 is 0 Å². The number of aromatic nitrogens is 1. The fourth-order valence-electron chi connectivity index (χ4n) is 3.57. The number of thiazole rings is 1. The second-order valence-corrected chi connectivity index (χ2v) is 10.1. The highest BCUT2D eigenvalue weighted by molar-refractivity contribution is 7.88. The molecule has 0 spiro atoms. The van der Waals surface area contributed by atoms with Crippen molar-refractivity contribution in [3.63, 3.8) is 0 Å². The summed E-state index contributed by atoms with van der Waals surface area (Å²) in [4.78, 5) is 17.2. The minimum Gasteiger partial charge on any atom is -0.507 e. The summed E-state index contributed by atoms with van der Waals surface area (Å²) in [5, 5.41) is 13.9. The van der Waals surface area contributed by atoms with E-state index in [4.69, 9.17) is 0 Å². The lowest BCUT2D eigenvalue weighted by Gasteiger charge is -2.32. The van der Waals surface area contributed by atoms with Gasteiger partial charge in [0.05, 0.1) is 22.0 Å². The summed E-state index contributed by atoms with van der Waals surface area (Å²) in [5.74, 6) is -0.382. The van der Waals surface area contributed by atoms with Crippen molar-refractivity contribution in [3.8, 4) is 16.3 Å². The molecule has 7 nitrogen and oxygen atoms in total. The number of nitrogens with zero attached hydrogens (tertiary/aromatic N) is 2. The van der Waals surface area contributed by atoms with Crippen LogP contribution in [-0.4, -0.2) is 47.6 Å². The molecule has 152 valence electrons. The van der Waals surface area contributed by atoms with E-state index in [1.807, 2.05) is 24.3 Å². The first-order valence-electron chi connectivity index (χ1n) is 9.29. The van der Waals surface area contributed by atoms with Gasteiger partial charge in [0.1, 0.15) is 16.8 Å². The zero-order valence-corrected chi connectivity index (χ0v) is 17.5. The van der Waals surface area contributed by atoms with Crippen LogP contribution in [0.4, 0.5) is 5.69 Å². The molecular weight excluding hydrogens is 410 g/mol. The van der Waals surface area contributed by atoms with Gasteiger partial charge in [-0.1, -0.05) is 18.6 Å². The van der Waals surface area contributed by atoms with Crippen LogP contribution in [0.25, 0.3) is 20.8 Å². The number of nitrogens with one attached hydrogen (secondary N) is 1. The molecule has 0 saturated carbocycles. The predicted molar refractivity (Wildman–Crippen MR) is 115 cm³/mol. The number of fused-ring (bicyclic) bond motifs is 1. The first-order chi connectivity index (χ1) is 13.8. The monoisotopic (exact) mass is 431 g/mol. The molecule has 2 N–H and O–H groups in total. The van der Waals surface area contributed by atoms with Gasteiger partial charge in [0.2, 0.25) is 15.9 Å². The van der Waals surface area contributed by atoms with Crippen molar-refractivity contribution < 1.29 is 18.3 Å². The van der Waals surface area contributed by atoms with E-state index >= 15 is 0 Å². The third-order valence-electron chi connectivity index (χ3n) is 4.97. The molecule has 1 saturated heterocycles. The normalized spacial score (nSPS) is 18.0. The van der Waals surface area contributed by atoms with Gasteiger partial charge in [-0.2, -0.15) is 4.31 Å². The fraction of sp³-hybridized carbons (Fsp3) is 0.300. The Bertz CT molecular complexity index is 1140. The van der Waals surface area contributed by atoms with Gasteiger partial charge in [-0.25, -0.2) is 13.4 Å². The molecule has 2 heterocycles. The summed E-state index contributed by atoms with van der Waals surface area (Å²) >= 11 is 1.48. The molecule has 1 aliphatic heterocycles. The van der Waals surface area contributed by atoms with Gasteiger partial charge in [-0.15, -0.1) is 11.3 Å². The van der Waals surface area contributed by atoms with E-state index < -0.39 is 16.1 Å². The van der Waals surface area contributed by atoms with E-state index in [9.17, 15) is 18.3 Å². The third-order valence-corrected chi connectivity index (χ3v) is 7.33. The van der Waals surface area contributed by atoms with Crippen LogP contribution >= 0.6 is 11.3 Å². The highest BCUT2D eigenvalue weighted by Crippen LogP contribution is 2.36. The van der Waals surface area contributed by atoms with Crippen LogP contribution in [0.5, 0.6) is 5.75 Å². The molecule has 29 heavy (non-hydrogen) atoms. The molecule has 1 aromatic heterocycles. The fourth-order valence-corrected chi connectivity index (χ4v) is 5.69. The molecule has 4 rings (SSSR count). The highest BCUT2D eigenvalue weighted by atomic mass is 32.2. The van der Waals surface area contributed by atoms with Crippen molar-refractivity contribution in [1.29, 1.82) is 0 Å². The largest absolute Gasteiger partial charge is 0.507 e. The Hall–Kier alpha value is -2.49. The van der Waals surface area contributed by atoms with Crippen molar-refractivity contribution in [2.24, 2.45) is 0 Å². The van der Waals surface area contributed by atoms with E-state index in [1.54, 1.807) is 12.1 Å². The molecule has 1 aliphatic rings. The van der Waals surface area contributed by atoms with Crippen molar-refractivity contribution in [3.05, 3.63) is 42.5 Å². The minimum atomic E-state index is -3.46. The maximum absolute atomic E-state index is 12.7. The highest BCUT2D eigenvalue weighted by Gasteiger charge is 2.34. The van der Waals surface area contributed by atoms with Gasteiger partial charge in [0.15, 0.2) is 0 Å². The van der Waals surface area contributed by atoms with Crippen LogP contribution in [-0.2, 0) is 14.8 Å². The minimum absolute atomic E-state index is 0.00506. The van der Waals surface area contributed by atoms with Crippen LogP contribution in [0.15, 0.2) is 42.5 Å². The first-order valence-corrected chi connectivity index (χ1v) is 12.0. The van der Waals surface area contributed by atoms with Crippen LogP contribution in [0.1, 0.15) is 19.3 Å². The van der Waals surface area contributed by atoms with E-state index in [2.05, 4.69) is 10.3 Å². The number of benzene rings is 2. The van der Waals surface area contributed by atoms with Gasteiger partial charge < -0.3 is 10.4 Å². The summed E-state index contributed by atoms with van der Waals surface area (Å²) in [6.07, 6.45) is 3.15. The number of anilines is 1. The molecule has 9 heteroatoms. The number of rotatable bonds is 4. The Morgan fingerprint density at radius 1 is 1.24 bits per heavy atom. The van der Waals surface area contributed by atoms with Crippen LogP contribution in [0.2, 0.25) is 0 Å². The predicted octanol–water partition coefficient (Wildman–Crippen LogP) is 3.42. The number of carbonyl (C=O) groups excluding carboxylic acids is 1. The van der Waals surface area contributed by atoms with Gasteiger partial charge in [0, 0.05) is 18.3 Å². The molecule has 1 atom stereocenters. The van der Waals surface area contributed by atoms with Crippen LogP contribution in [0, 0.1) is 0 Å². The number of hydrogen-bond donors (Lipinski definition) is 2. The summed E-state index contributed by atoms with van der Waals surface area (Å²) in [6.45, 7) is 0.346. The van der Waals surface area contributed by atoms with Gasteiger partial charge in [-0.3, -0.25) is 4.79 Å². The molecule has 0 radical (unpaired) electrons. The number of phenolic OH excluding ortho intramolecular Hbond substituents is 1. The summed E-state index contributed by atoms with van der Waals surface area (Å²) < 4.78 is 26.2. The Morgan fingerprint density at radius 2 is 2.03 bits per heavy atom. The quantitative estimate of drug-likeness (QED) is 0.659. The smallest absolute Gasteiger partial charge is 0.242 e. The lowest BCUT2D eigenvalue weighted by Crippen LogP contribution is -2.49. The summed E-state index contributed by atoms with van der Waals surface area (Å²) in [7, 11) is -3.46. The SMILES string of the molecule is CS(=O)(=O)N1CCCCC1C(=O)Nc1ccc(-c2nc3ccccc3s2)c(O)c1. The molecule has 0 bridgehead atoms. The molecule has 2 aromatic carbocycles. The number of amides is 1. The van der Waals surface area contributed by atoms with Crippen molar-refractivity contribution >= 4 is 43.2 Å². The van der Waals surface area contributed by atoms with E-state index in [1.165, 1.54) is 21.7 Å². The summed E-state index contributed by atoms with van der Waals surface area (Å²) in [6, 6.07) is 11.9. The zero-order valence-electron chi connectivity index (χ0n) is 15.8. The van der Waals surface area contributed by atoms with Gasteiger partial charge in [0.25, 0.3) is 0 Å². The van der Waals surface area contributed by atoms with Crippen molar-refractivity contribution in [2.45, 2.75) is 25.3 Å². The molecule has 3 aromatic rings. The van der Waals surface area contributed by atoms with Gasteiger partial charge in [-0.05, 0) is 37.1 Å². The molecule has 1 fully saturated rings. The number of piperidine rings is 1. The Labute approximate surface area is 173 Å². The lowest BCUT2D eigenvalue weighted by molar-refractivity contribution is -0.120. The second kappa shape index (κ2) is 7.74. The van der Waals surface area contributed by atoms with Crippen molar-refractivity contribution in [1.82, 2.24) is 9.29 Å². The lowest BCUT2D eigenvalue weighted by atomic mass is 10.0. The van der Waals surface area contributed by atoms with Crippen LogP contribution < -0.4 is 5.32 Å². The van der Waals surface area contributed by atoms with Crippen LogP contribution in [0.3, 0.4) is 0 Å². The number of carbonyl (C=O) groups is 1. The number of phenols is 1. The molecular formula is C20H21N3O4S2. The van der Waals surface area contributed by atoms with Crippen molar-refractivity contribution in [2.75, 3.05) is 18.1 Å². The van der Waals surface area contributed by atoms with E-state index in [0.29, 0.717) is 29.2 Å². The molecule has 0 aliphatic carbocycles. The number of hydrogen-bond acceptors (Lipinski definition) is 6. The number of aromatic hydroxyl groups is 1. The molecule has 1 amide bonds. The Balaban J connectivity index is 1.55. The van der Waals surface area contributed by atoms with E-state index in [0.717, 1.165) is 29.3 Å². The Kier molecular flexibility index (Phi) is 5.28. The Morgan fingerprint density at radius 3 is 2.76 bits per heavy atom. The summed E-state index contributed by atoms with van der Waals surface area (Å²) in [5.41, 5.74) is 1.86. The maximum atomic E-state index is 12.7. The first kappa shape index (κ1) is 19.8. The average Bonchev–Trinajstić information content (AvgIpc) is 3.11.